The summed E-state index contributed by atoms with van der Waals surface area (Å²) in [6, 6.07) is 5.92. The van der Waals surface area contributed by atoms with Gasteiger partial charge in [-0.1, -0.05) is 13.0 Å². The van der Waals surface area contributed by atoms with Crippen LogP contribution in [-0.2, 0) is 6.42 Å². The Morgan fingerprint density at radius 1 is 1.53 bits per heavy atom. The number of hydrogen-bond donors (Lipinski definition) is 2. The van der Waals surface area contributed by atoms with Crippen LogP contribution in [0.1, 0.15) is 23.0 Å². The summed E-state index contributed by atoms with van der Waals surface area (Å²) in [5.41, 5.74) is 0.752. The average molecular weight is 263 g/mol. The number of methoxy groups -OCH3 is 1. The molecule has 1 aromatic carbocycles. The maximum absolute atomic E-state index is 13.7. The molecule has 0 saturated carbocycles. The molecule has 2 N–H and O–H groups in total. The normalized spacial score (nSPS) is 10.3. The molecule has 0 radical (unpaired) electrons. The van der Waals surface area contributed by atoms with Crippen LogP contribution >= 0.6 is 0 Å². The lowest BCUT2D eigenvalue weighted by Crippen LogP contribution is -2.15. The highest BCUT2D eigenvalue weighted by molar-refractivity contribution is 6.05. The molecule has 5 nitrogen and oxygen atoms in total. The van der Waals surface area contributed by atoms with Gasteiger partial charge in [-0.2, -0.15) is 5.10 Å². The minimum absolute atomic E-state index is 0.133. The summed E-state index contributed by atoms with van der Waals surface area (Å²) in [6.07, 6.45) is 0.770. The molecule has 0 saturated heterocycles. The van der Waals surface area contributed by atoms with Crippen molar-refractivity contribution in [3.05, 3.63) is 41.3 Å². The summed E-state index contributed by atoms with van der Waals surface area (Å²) >= 11 is 0. The molecule has 1 aromatic heterocycles. The van der Waals surface area contributed by atoms with Crippen LogP contribution in [0.2, 0.25) is 0 Å². The molecule has 0 atom stereocenters. The summed E-state index contributed by atoms with van der Waals surface area (Å²) in [5.74, 6) is -0.692. The van der Waals surface area contributed by atoms with Crippen LogP contribution in [0.3, 0.4) is 0 Å². The van der Waals surface area contributed by atoms with Crippen molar-refractivity contribution in [1.29, 1.82) is 0 Å². The van der Waals surface area contributed by atoms with Gasteiger partial charge >= 0.3 is 0 Å². The van der Waals surface area contributed by atoms with E-state index in [1.807, 2.05) is 6.92 Å². The van der Waals surface area contributed by atoms with E-state index in [4.69, 9.17) is 4.74 Å². The van der Waals surface area contributed by atoms with Crippen LogP contribution < -0.4 is 10.1 Å². The Morgan fingerprint density at radius 3 is 2.95 bits per heavy atom. The van der Waals surface area contributed by atoms with Crippen molar-refractivity contribution in [1.82, 2.24) is 10.2 Å². The first-order chi connectivity index (χ1) is 9.15. The number of benzene rings is 1. The van der Waals surface area contributed by atoms with Crippen LogP contribution in [0, 0.1) is 5.82 Å². The first-order valence-electron chi connectivity index (χ1n) is 5.83. The fourth-order valence-corrected chi connectivity index (χ4v) is 1.68. The second kappa shape index (κ2) is 5.51. The molecule has 0 aliphatic carbocycles. The molecule has 2 rings (SSSR count). The lowest BCUT2D eigenvalue weighted by atomic mass is 10.1. The molecule has 0 aliphatic rings. The molecule has 1 amide bonds. The van der Waals surface area contributed by atoms with E-state index in [0.29, 0.717) is 5.82 Å². The third kappa shape index (κ3) is 2.73. The Balaban J connectivity index is 2.24. The number of hydrogen-bond acceptors (Lipinski definition) is 3. The van der Waals surface area contributed by atoms with Crippen molar-refractivity contribution in [3.63, 3.8) is 0 Å². The van der Waals surface area contributed by atoms with Crippen LogP contribution in [0.15, 0.2) is 24.3 Å². The predicted octanol–water partition coefficient (Wildman–Crippen LogP) is 2.37. The zero-order valence-electron chi connectivity index (χ0n) is 10.7. The highest BCUT2D eigenvalue weighted by Gasteiger charge is 2.18. The number of aromatic nitrogens is 2. The lowest BCUT2D eigenvalue weighted by Gasteiger charge is -2.08. The number of anilines is 1. The second-order valence-electron chi connectivity index (χ2n) is 3.90. The second-order valence-corrected chi connectivity index (χ2v) is 3.90. The number of nitrogens with one attached hydrogen (secondary N) is 2. The quantitative estimate of drug-likeness (QED) is 0.889. The number of amides is 1. The monoisotopic (exact) mass is 263 g/mol. The predicted molar refractivity (Wildman–Crippen MR) is 68.9 cm³/mol. The Hall–Kier alpha value is -2.37. The van der Waals surface area contributed by atoms with Crippen LogP contribution in [0.4, 0.5) is 10.2 Å². The Morgan fingerprint density at radius 2 is 2.32 bits per heavy atom. The van der Waals surface area contributed by atoms with Crippen molar-refractivity contribution in [2.75, 3.05) is 12.4 Å². The standard InChI is InChI=1S/C13H14FN3O2/c1-3-8-7-11(17-16-8)15-13(18)12-9(14)5-4-6-10(12)19-2/h4-7H,3H2,1-2H3,(H2,15,16,17,18). The number of carbonyl (C=O) groups is 1. The first kappa shape index (κ1) is 13.1. The molecule has 100 valence electrons. The van der Waals surface area contributed by atoms with Crippen molar-refractivity contribution in [2.45, 2.75) is 13.3 Å². The van der Waals surface area contributed by atoms with Gasteiger partial charge < -0.3 is 10.1 Å². The molecular formula is C13H14FN3O2. The molecule has 19 heavy (non-hydrogen) atoms. The van der Waals surface area contributed by atoms with Gasteiger partial charge in [0.2, 0.25) is 0 Å². The van der Waals surface area contributed by atoms with Gasteiger partial charge in [-0.25, -0.2) is 4.39 Å². The maximum atomic E-state index is 13.7. The third-order valence-corrected chi connectivity index (χ3v) is 2.68. The van der Waals surface area contributed by atoms with Gasteiger partial charge in [0.25, 0.3) is 5.91 Å². The van der Waals surface area contributed by atoms with Gasteiger partial charge in [0, 0.05) is 11.8 Å². The summed E-state index contributed by atoms with van der Waals surface area (Å²) in [7, 11) is 1.38. The molecule has 0 spiro atoms. The van der Waals surface area contributed by atoms with E-state index >= 15 is 0 Å². The Kier molecular flexibility index (Phi) is 3.79. The van der Waals surface area contributed by atoms with Crippen molar-refractivity contribution >= 4 is 11.7 Å². The third-order valence-electron chi connectivity index (χ3n) is 2.68. The maximum Gasteiger partial charge on any atom is 0.263 e. The molecule has 1 heterocycles. The highest BCUT2D eigenvalue weighted by atomic mass is 19.1. The number of halogens is 1. The minimum atomic E-state index is -0.636. The molecule has 0 bridgehead atoms. The van der Waals surface area contributed by atoms with E-state index in [9.17, 15) is 9.18 Å². The molecule has 0 fully saturated rings. The van der Waals surface area contributed by atoms with Crippen LogP contribution in [0.25, 0.3) is 0 Å². The Labute approximate surface area is 109 Å². The Bertz CT molecular complexity index is 595. The number of aryl methyl sites for hydroxylation is 1. The summed E-state index contributed by atoms with van der Waals surface area (Å²) in [4.78, 5) is 12.0. The number of ether oxygens (including phenoxy) is 1. The van der Waals surface area contributed by atoms with E-state index < -0.39 is 11.7 Å². The summed E-state index contributed by atoms with van der Waals surface area (Å²) < 4.78 is 18.7. The fraction of sp³-hybridized carbons (Fsp3) is 0.231. The number of nitrogens with zero attached hydrogens (tertiary/aromatic N) is 1. The number of rotatable bonds is 4. The van der Waals surface area contributed by atoms with E-state index in [1.165, 1.54) is 25.3 Å². The zero-order valence-corrected chi connectivity index (χ0v) is 10.7. The summed E-state index contributed by atoms with van der Waals surface area (Å²) in [5, 5.41) is 9.21. The molecule has 0 aliphatic heterocycles. The number of aromatic amines is 1. The van der Waals surface area contributed by atoms with Crippen molar-refractivity contribution in [2.24, 2.45) is 0 Å². The zero-order chi connectivity index (χ0) is 13.8. The van der Waals surface area contributed by atoms with Gasteiger partial charge in [0.1, 0.15) is 17.1 Å². The van der Waals surface area contributed by atoms with E-state index in [1.54, 1.807) is 6.07 Å². The van der Waals surface area contributed by atoms with Crippen LogP contribution in [0.5, 0.6) is 5.75 Å². The average Bonchev–Trinajstić information content (AvgIpc) is 2.85. The molecular weight excluding hydrogens is 249 g/mol. The number of H-pyrrole nitrogens is 1. The van der Waals surface area contributed by atoms with Gasteiger partial charge in [0.05, 0.1) is 7.11 Å². The van der Waals surface area contributed by atoms with Gasteiger partial charge in [-0.05, 0) is 18.6 Å². The SMILES string of the molecule is CCc1cc(NC(=O)c2c(F)cccc2OC)n[nH]1. The molecule has 6 heteroatoms. The van der Waals surface area contributed by atoms with Gasteiger partial charge in [-0.3, -0.25) is 9.89 Å². The van der Waals surface area contributed by atoms with E-state index in [0.717, 1.165) is 12.1 Å². The summed E-state index contributed by atoms with van der Waals surface area (Å²) in [6.45, 7) is 1.96. The minimum Gasteiger partial charge on any atom is -0.496 e. The smallest absolute Gasteiger partial charge is 0.263 e. The largest absolute Gasteiger partial charge is 0.496 e. The van der Waals surface area contributed by atoms with Gasteiger partial charge in [0.15, 0.2) is 5.82 Å². The molecule has 0 unspecified atom stereocenters. The van der Waals surface area contributed by atoms with Crippen LogP contribution in [-0.4, -0.2) is 23.2 Å². The highest BCUT2D eigenvalue weighted by Crippen LogP contribution is 2.22. The van der Waals surface area contributed by atoms with Crippen molar-refractivity contribution < 1.29 is 13.9 Å². The van der Waals surface area contributed by atoms with E-state index in [-0.39, 0.29) is 11.3 Å². The lowest BCUT2D eigenvalue weighted by molar-refractivity contribution is 0.101. The van der Waals surface area contributed by atoms with Crippen molar-refractivity contribution in [3.8, 4) is 5.75 Å². The molecule has 2 aromatic rings. The first-order valence-corrected chi connectivity index (χ1v) is 5.83. The number of carbonyl (C=O) groups excluding carboxylic acids is 1. The fourth-order valence-electron chi connectivity index (χ4n) is 1.68. The topological polar surface area (TPSA) is 67.0 Å². The van der Waals surface area contributed by atoms with Gasteiger partial charge in [-0.15, -0.1) is 0 Å². The van der Waals surface area contributed by atoms with E-state index in [2.05, 4.69) is 15.5 Å².